The van der Waals surface area contributed by atoms with E-state index in [0.717, 1.165) is 25.5 Å². The first-order chi connectivity index (χ1) is 8.86. The maximum absolute atomic E-state index is 11.7. The summed E-state index contributed by atoms with van der Waals surface area (Å²) in [5, 5.41) is -0.661. The van der Waals surface area contributed by atoms with Crippen LogP contribution in [0, 0.1) is 0 Å². The number of sulfone groups is 1. The Balaban J connectivity index is 3.17. The van der Waals surface area contributed by atoms with Crippen LogP contribution in [0.3, 0.4) is 0 Å². The second kappa shape index (κ2) is 6.87. The van der Waals surface area contributed by atoms with Gasteiger partial charge < -0.3 is 0 Å². The highest BCUT2D eigenvalue weighted by Crippen LogP contribution is 2.20. The molecule has 0 spiro atoms. The van der Waals surface area contributed by atoms with E-state index >= 15 is 0 Å². The first kappa shape index (κ1) is 15.9. The van der Waals surface area contributed by atoms with Crippen LogP contribution in [0.15, 0.2) is 29.2 Å². The Hall–Kier alpha value is -1.13. The number of benzene rings is 1. The van der Waals surface area contributed by atoms with E-state index in [4.69, 9.17) is 11.6 Å². The summed E-state index contributed by atoms with van der Waals surface area (Å²) in [5.74, 6) is 0. The molecule has 0 aliphatic carbocycles. The van der Waals surface area contributed by atoms with Crippen LogP contribution in [0.25, 0.3) is 6.08 Å². The maximum Gasteiger partial charge on any atom is 0.252 e. The maximum atomic E-state index is 11.7. The molecule has 1 rings (SSSR count). The topological polar surface area (TPSA) is 51.2 Å². The number of carbonyl (C=O) groups excluding carboxylic acids is 1. The molecular formula is C14H17ClO3S. The molecular weight excluding hydrogens is 284 g/mol. The highest BCUT2D eigenvalue weighted by Gasteiger charge is 2.14. The predicted octanol–water partition coefficient (Wildman–Crippen LogP) is 3.67. The summed E-state index contributed by atoms with van der Waals surface area (Å²) in [7, 11) is -3.39. The summed E-state index contributed by atoms with van der Waals surface area (Å²) in [6.45, 7) is 2.09. The Bertz CT molecular complexity index is 589. The van der Waals surface area contributed by atoms with Crippen LogP contribution in [-0.2, 0) is 9.84 Å². The van der Waals surface area contributed by atoms with Crippen molar-refractivity contribution >= 4 is 32.8 Å². The number of rotatable bonds is 6. The highest BCUT2D eigenvalue weighted by atomic mass is 35.5. The Morgan fingerprint density at radius 3 is 2.58 bits per heavy atom. The number of allylic oxidation sites excluding steroid dienone is 1. The van der Waals surface area contributed by atoms with E-state index in [0.29, 0.717) is 5.56 Å². The second-order valence-electron chi connectivity index (χ2n) is 4.34. The number of unbranched alkanes of at least 4 members (excludes halogenated alkanes) is 2. The first-order valence-corrected chi connectivity index (χ1v) is 8.33. The third-order valence-corrected chi connectivity index (χ3v) is 4.03. The zero-order chi connectivity index (χ0) is 14.5. The van der Waals surface area contributed by atoms with Crippen LogP contribution in [0.2, 0.25) is 0 Å². The minimum absolute atomic E-state index is 0.131. The van der Waals surface area contributed by atoms with Crippen molar-refractivity contribution in [2.75, 3.05) is 6.26 Å². The molecule has 0 saturated carbocycles. The Morgan fingerprint density at radius 2 is 2.05 bits per heavy atom. The van der Waals surface area contributed by atoms with E-state index in [-0.39, 0.29) is 10.5 Å². The summed E-state index contributed by atoms with van der Waals surface area (Å²) in [5.41, 5.74) is 0.771. The molecule has 0 unspecified atom stereocenters. The fourth-order valence-corrected chi connectivity index (χ4v) is 2.67. The zero-order valence-electron chi connectivity index (χ0n) is 11.0. The molecule has 0 N–H and O–H groups in total. The average Bonchev–Trinajstić information content (AvgIpc) is 2.33. The van der Waals surface area contributed by atoms with Gasteiger partial charge in [-0.15, -0.1) is 0 Å². The molecule has 0 aromatic heterocycles. The first-order valence-electron chi connectivity index (χ1n) is 6.06. The quantitative estimate of drug-likeness (QED) is 0.595. The summed E-state index contributed by atoms with van der Waals surface area (Å²) in [6.07, 6.45) is 7.88. The predicted molar refractivity (Wildman–Crippen MR) is 78.3 cm³/mol. The van der Waals surface area contributed by atoms with Crippen LogP contribution in [0.1, 0.15) is 42.1 Å². The van der Waals surface area contributed by atoms with Crippen molar-refractivity contribution in [2.45, 2.75) is 31.1 Å². The lowest BCUT2D eigenvalue weighted by atomic mass is 10.1. The van der Waals surface area contributed by atoms with E-state index in [2.05, 4.69) is 6.92 Å². The van der Waals surface area contributed by atoms with E-state index in [1.54, 1.807) is 12.1 Å². The molecule has 0 bridgehead atoms. The molecule has 0 saturated heterocycles. The minimum atomic E-state index is -3.39. The summed E-state index contributed by atoms with van der Waals surface area (Å²) < 4.78 is 23.5. The summed E-state index contributed by atoms with van der Waals surface area (Å²) in [6, 6.07) is 4.46. The van der Waals surface area contributed by atoms with Crippen molar-refractivity contribution in [2.24, 2.45) is 0 Å². The molecule has 1 aromatic rings. The average molecular weight is 301 g/mol. The van der Waals surface area contributed by atoms with E-state index in [1.165, 1.54) is 12.1 Å². The van der Waals surface area contributed by atoms with Gasteiger partial charge in [0.25, 0.3) is 5.24 Å². The molecule has 19 heavy (non-hydrogen) atoms. The van der Waals surface area contributed by atoms with Crippen molar-refractivity contribution in [3.8, 4) is 0 Å². The Kier molecular flexibility index (Phi) is 5.76. The molecule has 5 heteroatoms. The number of hydrogen-bond acceptors (Lipinski definition) is 3. The zero-order valence-corrected chi connectivity index (χ0v) is 12.6. The minimum Gasteiger partial charge on any atom is -0.276 e. The lowest BCUT2D eigenvalue weighted by Gasteiger charge is -2.05. The number of halogens is 1. The van der Waals surface area contributed by atoms with Crippen molar-refractivity contribution in [3.63, 3.8) is 0 Å². The monoisotopic (exact) mass is 300 g/mol. The van der Waals surface area contributed by atoms with E-state index in [1.807, 2.05) is 6.08 Å². The van der Waals surface area contributed by atoms with Gasteiger partial charge in [-0.1, -0.05) is 38.0 Å². The molecule has 0 aliphatic rings. The normalized spacial score (nSPS) is 11.9. The molecule has 0 fully saturated rings. The molecule has 1 aromatic carbocycles. The van der Waals surface area contributed by atoms with Crippen molar-refractivity contribution in [3.05, 3.63) is 35.4 Å². The van der Waals surface area contributed by atoms with Gasteiger partial charge in [-0.2, -0.15) is 0 Å². The molecule has 0 heterocycles. The van der Waals surface area contributed by atoms with Crippen LogP contribution >= 0.6 is 11.6 Å². The van der Waals surface area contributed by atoms with Gasteiger partial charge in [-0.05, 0) is 35.7 Å². The van der Waals surface area contributed by atoms with Gasteiger partial charge in [-0.25, -0.2) is 8.42 Å². The van der Waals surface area contributed by atoms with Crippen molar-refractivity contribution in [1.82, 2.24) is 0 Å². The third kappa shape index (κ3) is 4.80. The second-order valence-corrected chi connectivity index (χ2v) is 6.67. The highest BCUT2D eigenvalue weighted by molar-refractivity contribution is 7.90. The lowest BCUT2D eigenvalue weighted by molar-refractivity contribution is 0.108. The van der Waals surface area contributed by atoms with Gasteiger partial charge in [0.15, 0.2) is 9.84 Å². The van der Waals surface area contributed by atoms with Crippen molar-refractivity contribution in [1.29, 1.82) is 0 Å². The van der Waals surface area contributed by atoms with Gasteiger partial charge in [0.1, 0.15) is 0 Å². The molecule has 0 aliphatic heterocycles. The van der Waals surface area contributed by atoms with Crippen LogP contribution < -0.4 is 0 Å². The molecule has 104 valence electrons. The fourth-order valence-electron chi connectivity index (χ4n) is 1.65. The van der Waals surface area contributed by atoms with Gasteiger partial charge >= 0.3 is 0 Å². The smallest absolute Gasteiger partial charge is 0.252 e. The van der Waals surface area contributed by atoms with Crippen LogP contribution in [-0.4, -0.2) is 19.9 Å². The summed E-state index contributed by atoms with van der Waals surface area (Å²) >= 11 is 5.37. The SMILES string of the molecule is CCCC/C=C/c1ccc(C(=O)Cl)cc1S(C)(=O)=O. The van der Waals surface area contributed by atoms with Crippen molar-refractivity contribution < 1.29 is 13.2 Å². The molecule has 0 atom stereocenters. The Morgan fingerprint density at radius 1 is 1.37 bits per heavy atom. The lowest BCUT2D eigenvalue weighted by Crippen LogP contribution is -2.02. The van der Waals surface area contributed by atoms with Gasteiger partial charge in [-0.3, -0.25) is 4.79 Å². The van der Waals surface area contributed by atoms with E-state index < -0.39 is 15.1 Å². The molecule has 0 radical (unpaired) electrons. The van der Waals surface area contributed by atoms with E-state index in [9.17, 15) is 13.2 Å². The van der Waals surface area contributed by atoms with Gasteiger partial charge in [0.05, 0.1) is 4.90 Å². The summed E-state index contributed by atoms with van der Waals surface area (Å²) in [4.78, 5) is 11.2. The fraction of sp³-hybridized carbons (Fsp3) is 0.357. The molecule has 3 nitrogen and oxygen atoms in total. The largest absolute Gasteiger partial charge is 0.276 e. The van der Waals surface area contributed by atoms with Crippen LogP contribution in [0.4, 0.5) is 0 Å². The Labute approximate surface area is 119 Å². The number of carbonyl (C=O) groups is 1. The molecule has 0 amide bonds. The van der Waals surface area contributed by atoms with Crippen LogP contribution in [0.5, 0.6) is 0 Å². The van der Waals surface area contributed by atoms with Gasteiger partial charge in [0.2, 0.25) is 0 Å². The standard InChI is InChI=1S/C14H17ClO3S/c1-3-4-5-6-7-11-8-9-12(14(15)16)10-13(11)19(2,17)18/h6-10H,3-5H2,1-2H3/b7-6+. The number of hydrogen-bond donors (Lipinski definition) is 0. The third-order valence-electron chi connectivity index (χ3n) is 2.66. The van der Waals surface area contributed by atoms with Gasteiger partial charge in [0, 0.05) is 11.8 Å².